The third-order valence-electron chi connectivity index (χ3n) is 2.06. The normalized spacial score (nSPS) is 29.1. The number of hydrogen-bond acceptors (Lipinski definition) is 2. The van der Waals surface area contributed by atoms with Gasteiger partial charge in [-0.25, -0.2) is 10.9 Å². The van der Waals surface area contributed by atoms with E-state index in [1.807, 2.05) is 6.07 Å². The first-order chi connectivity index (χ1) is 5.86. The molecule has 0 aromatic heterocycles. The Bertz CT molecular complexity index is 250. The zero-order valence-electron chi connectivity index (χ0n) is 6.63. The van der Waals surface area contributed by atoms with Crippen molar-refractivity contribution >= 4 is 15.9 Å². The standard InChI is InChI=1S/C9H11BrN2/c10-9-6-8(11-12-9)7-4-2-1-3-5-7/h1-5,8-9,11-12H,6H2. The molecule has 1 heterocycles. The van der Waals surface area contributed by atoms with Crippen LogP contribution in [0.1, 0.15) is 18.0 Å². The van der Waals surface area contributed by atoms with Crippen LogP contribution in [0.3, 0.4) is 0 Å². The third-order valence-corrected chi connectivity index (χ3v) is 2.66. The monoisotopic (exact) mass is 226 g/mol. The van der Waals surface area contributed by atoms with Crippen LogP contribution in [0.5, 0.6) is 0 Å². The molecule has 0 aliphatic carbocycles. The molecule has 2 rings (SSSR count). The second kappa shape index (κ2) is 3.56. The summed E-state index contributed by atoms with van der Waals surface area (Å²) >= 11 is 3.50. The first kappa shape index (κ1) is 8.23. The van der Waals surface area contributed by atoms with Gasteiger partial charge in [0.2, 0.25) is 0 Å². The lowest BCUT2D eigenvalue weighted by molar-refractivity contribution is 0.579. The fourth-order valence-corrected chi connectivity index (χ4v) is 1.93. The third kappa shape index (κ3) is 1.68. The Labute approximate surface area is 80.5 Å². The molecule has 3 heteroatoms. The highest BCUT2D eigenvalue weighted by atomic mass is 79.9. The predicted molar refractivity (Wildman–Crippen MR) is 52.8 cm³/mol. The highest BCUT2D eigenvalue weighted by Crippen LogP contribution is 2.23. The van der Waals surface area contributed by atoms with Crippen molar-refractivity contribution in [1.82, 2.24) is 10.9 Å². The lowest BCUT2D eigenvalue weighted by atomic mass is 10.1. The van der Waals surface area contributed by atoms with Gasteiger partial charge >= 0.3 is 0 Å². The highest BCUT2D eigenvalue weighted by Gasteiger charge is 2.21. The molecule has 1 fully saturated rings. The Kier molecular flexibility index (Phi) is 2.44. The summed E-state index contributed by atoms with van der Waals surface area (Å²) in [4.78, 5) is 0.391. The van der Waals surface area contributed by atoms with Gasteiger partial charge in [-0.2, -0.15) is 0 Å². The summed E-state index contributed by atoms with van der Waals surface area (Å²) in [5.74, 6) is 0. The van der Waals surface area contributed by atoms with Gasteiger partial charge in [-0.05, 0) is 12.0 Å². The number of benzene rings is 1. The quantitative estimate of drug-likeness (QED) is 0.566. The zero-order chi connectivity index (χ0) is 8.39. The van der Waals surface area contributed by atoms with Crippen LogP contribution in [-0.4, -0.2) is 4.95 Å². The van der Waals surface area contributed by atoms with Crippen molar-refractivity contribution in [3.8, 4) is 0 Å². The van der Waals surface area contributed by atoms with Crippen molar-refractivity contribution in [2.75, 3.05) is 0 Å². The molecule has 1 aromatic rings. The summed E-state index contributed by atoms with van der Waals surface area (Å²) in [7, 11) is 0. The molecule has 0 saturated carbocycles. The van der Waals surface area contributed by atoms with E-state index in [2.05, 4.69) is 51.0 Å². The molecule has 1 aliphatic rings. The molecule has 2 nitrogen and oxygen atoms in total. The number of alkyl halides is 1. The Morgan fingerprint density at radius 1 is 1.17 bits per heavy atom. The molecule has 0 spiro atoms. The SMILES string of the molecule is BrC1CC(c2ccccc2)NN1. The summed E-state index contributed by atoms with van der Waals surface area (Å²) in [6.45, 7) is 0. The molecule has 2 atom stereocenters. The van der Waals surface area contributed by atoms with E-state index in [1.165, 1.54) is 5.56 Å². The van der Waals surface area contributed by atoms with E-state index >= 15 is 0 Å². The van der Waals surface area contributed by atoms with Gasteiger partial charge in [-0.1, -0.05) is 46.3 Å². The van der Waals surface area contributed by atoms with Gasteiger partial charge in [0.05, 0.1) is 4.95 Å². The minimum Gasteiger partial charge on any atom is -0.249 e. The van der Waals surface area contributed by atoms with E-state index in [-0.39, 0.29) is 0 Å². The first-order valence-corrected chi connectivity index (χ1v) is 4.98. The van der Waals surface area contributed by atoms with Gasteiger partial charge in [-0.15, -0.1) is 0 Å². The largest absolute Gasteiger partial charge is 0.249 e. The molecular weight excluding hydrogens is 216 g/mol. The van der Waals surface area contributed by atoms with E-state index < -0.39 is 0 Å². The van der Waals surface area contributed by atoms with Crippen LogP contribution in [0, 0.1) is 0 Å². The Morgan fingerprint density at radius 2 is 1.92 bits per heavy atom. The van der Waals surface area contributed by atoms with Gasteiger partial charge in [-0.3, -0.25) is 0 Å². The maximum Gasteiger partial charge on any atom is 0.0781 e. The van der Waals surface area contributed by atoms with Crippen molar-refractivity contribution in [3.63, 3.8) is 0 Å². The van der Waals surface area contributed by atoms with Gasteiger partial charge in [0, 0.05) is 6.04 Å². The summed E-state index contributed by atoms with van der Waals surface area (Å²) in [5, 5.41) is 0. The maximum absolute atomic E-state index is 3.50. The number of nitrogens with one attached hydrogen (secondary N) is 2. The van der Waals surface area contributed by atoms with Crippen molar-refractivity contribution in [1.29, 1.82) is 0 Å². The Hall–Kier alpha value is -0.380. The van der Waals surface area contributed by atoms with Crippen LogP contribution >= 0.6 is 15.9 Å². The molecule has 12 heavy (non-hydrogen) atoms. The lowest BCUT2D eigenvalue weighted by Crippen LogP contribution is -2.27. The Balaban J connectivity index is 2.11. The minimum absolute atomic E-state index is 0.391. The van der Waals surface area contributed by atoms with Gasteiger partial charge < -0.3 is 0 Å². The van der Waals surface area contributed by atoms with Crippen LogP contribution in [-0.2, 0) is 0 Å². The molecule has 0 bridgehead atoms. The predicted octanol–water partition coefficient (Wildman–Crippen LogP) is 1.95. The summed E-state index contributed by atoms with van der Waals surface area (Å²) in [5.41, 5.74) is 7.70. The van der Waals surface area contributed by atoms with E-state index in [0.717, 1.165) is 6.42 Å². The fraction of sp³-hybridized carbons (Fsp3) is 0.333. The zero-order valence-corrected chi connectivity index (χ0v) is 8.21. The average Bonchev–Trinajstić information content (AvgIpc) is 2.54. The molecular formula is C9H11BrN2. The second-order valence-electron chi connectivity index (χ2n) is 2.96. The van der Waals surface area contributed by atoms with Crippen molar-refractivity contribution in [2.45, 2.75) is 17.4 Å². The lowest BCUT2D eigenvalue weighted by Gasteiger charge is -2.07. The van der Waals surface area contributed by atoms with Crippen LogP contribution in [0.25, 0.3) is 0 Å². The van der Waals surface area contributed by atoms with Crippen LogP contribution in [0.15, 0.2) is 30.3 Å². The Morgan fingerprint density at radius 3 is 2.50 bits per heavy atom. The minimum atomic E-state index is 0.391. The van der Waals surface area contributed by atoms with Gasteiger partial charge in [0.25, 0.3) is 0 Å². The molecule has 0 amide bonds. The van der Waals surface area contributed by atoms with Crippen molar-refractivity contribution in [2.24, 2.45) is 0 Å². The van der Waals surface area contributed by atoms with Gasteiger partial charge in [0.1, 0.15) is 0 Å². The summed E-state index contributed by atoms with van der Waals surface area (Å²) < 4.78 is 0. The molecule has 1 saturated heterocycles. The number of hydrazine groups is 1. The van der Waals surface area contributed by atoms with Crippen molar-refractivity contribution in [3.05, 3.63) is 35.9 Å². The molecule has 1 aromatic carbocycles. The molecule has 2 N–H and O–H groups in total. The number of hydrogen-bond donors (Lipinski definition) is 2. The highest BCUT2D eigenvalue weighted by molar-refractivity contribution is 9.09. The maximum atomic E-state index is 3.50. The molecule has 0 radical (unpaired) electrons. The van der Waals surface area contributed by atoms with Crippen LogP contribution in [0.2, 0.25) is 0 Å². The summed E-state index contributed by atoms with van der Waals surface area (Å²) in [6, 6.07) is 10.9. The van der Waals surface area contributed by atoms with Gasteiger partial charge in [0.15, 0.2) is 0 Å². The average molecular weight is 227 g/mol. The number of rotatable bonds is 1. The van der Waals surface area contributed by atoms with E-state index in [1.54, 1.807) is 0 Å². The topological polar surface area (TPSA) is 24.1 Å². The summed E-state index contributed by atoms with van der Waals surface area (Å²) in [6.07, 6.45) is 1.09. The van der Waals surface area contributed by atoms with Crippen molar-refractivity contribution < 1.29 is 0 Å². The fourth-order valence-electron chi connectivity index (χ4n) is 1.42. The molecule has 1 aliphatic heterocycles. The van der Waals surface area contributed by atoms with E-state index in [9.17, 15) is 0 Å². The molecule has 2 unspecified atom stereocenters. The van der Waals surface area contributed by atoms with E-state index in [4.69, 9.17) is 0 Å². The van der Waals surface area contributed by atoms with Crippen LogP contribution in [0.4, 0.5) is 0 Å². The van der Waals surface area contributed by atoms with E-state index in [0.29, 0.717) is 11.0 Å². The molecule has 64 valence electrons. The second-order valence-corrected chi connectivity index (χ2v) is 4.06. The first-order valence-electron chi connectivity index (χ1n) is 4.06. The number of halogens is 1. The van der Waals surface area contributed by atoms with Crippen LogP contribution < -0.4 is 10.9 Å². The smallest absolute Gasteiger partial charge is 0.0781 e.